The van der Waals surface area contributed by atoms with Gasteiger partial charge in [-0.1, -0.05) is 13.3 Å². The van der Waals surface area contributed by atoms with Gasteiger partial charge in [-0.25, -0.2) is 9.78 Å². The van der Waals surface area contributed by atoms with Gasteiger partial charge >= 0.3 is 5.97 Å². The van der Waals surface area contributed by atoms with Crippen LogP contribution in [0.15, 0.2) is 18.3 Å². The SMILES string of the molecule is CCC1CCN(c2cccnc2C(=O)O)C1. The highest BCUT2D eigenvalue weighted by atomic mass is 16.4. The number of carbonyl (C=O) groups is 1. The van der Waals surface area contributed by atoms with Crippen LogP contribution in [0.25, 0.3) is 0 Å². The summed E-state index contributed by atoms with van der Waals surface area (Å²) in [5, 5.41) is 9.06. The van der Waals surface area contributed by atoms with Crippen LogP contribution in [0.4, 0.5) is 5.69 Å². The van der Waals surface area contributed by atoms with Crippen molar-refractivity contribution in [3.63, 3.8) is 0 Å². The van der Waals surface area contributed by atoms with E-state index in [9.17, 15) is 4.79 Å². The molecule has 2 rings (SSSR count). The minimum Gasteiger partial charge on any atom is -0.476 e. The third kappa shape index (κ3) is 2.01. The molecule has 0 bridgehead atoms. The molecule has 86 valence electrons. The van der Waals surface area contributed by atoms with Gasteiger partial charge in [-0.15, -0.1) is 0 Å². The summed E-state index contributed by atoms with van der Waals surface area (Å²) in [6, 6.07) is 3.63. The predicted octanol–water partition coefficient (Wildman–Crippen LogP) is 2.02. The van der Waals surface area contributed by atoms with Gasteiger partial charge in [-0.3, -0.25) is 0 Å². The van der Waals surface area contributed by atoms with E-state index in [-0.39, 0.29) is 5.69 Å². The number of aromatic nitrogens is 1. The number of rotatable bonds is 3. The van der Waals surface area contributed by atoms with E-state index in [1.807, 2.05) is 6.07 Å². The number of hydrogen-bond acceptors (Lipinski definition) is 3. The number of anilines is 1. The Morgan fingerprint density at radius 1 is 1.69 bits per heavy atom. The van der Waals surface area contributed by atoms with Crippen molar-refractivity contribution in [3.8, 4) is 0 Å². The zero-order valence-corrected chi connectivity index (χ0v) is 9.39. The second-order valence-electron chi connectivity index (χ2n) is 4.19. The lowest BCUT2D eigenvalue weighted by Gasteiger charge is -2.19. The number of carboxylic acids is 1. The average Bonchev–Trinajstić information content (AvgIpc) is 2.77. The van der Waals surface area contributed by atoms with Crippen LogP contribution in [-0.2, 0) is 0 Å². The summed E-state index contributed by atoms with van der Waals surface area (Å²) in [4.78, 5) is 17.1. The highest BCUT2D eigenvalue weighted by molar-refractivity contribution is 5.92. The van der Waals surface area contributed by atoms with Gasteiger partial charge in [0.15, 0.2) is 5.69 Å². The molecule has 0 spiro atoms. The topological polar surface area (TPSA) is 53.4 Å². The van der Waals surface area contributed by atoms with Gasteiger partial charge in [0.1, 0.15) is 0 Å². The minimum atomic E-state index is -0.949. The Kier molecular flexibility index (Phi) is 3.08. The van der Waals surface area contributed by atoms with E-state index >= 15 is 0 Å². The molecule has 1 atom stereocenters. The van der Waals surface area contributed by atoms with Gasteiger partial charge in [0.2, 0.25) is 0 Å². The standard InChI is InChI=1S/C12H16N2O2/c1-2-9-5-7-14(8-9)10-4-3-6-13-11(10)12(15)16/h3-4,6,9H,2,5,7-8H2,1H3,(H,15,16). The number of pyridine rings is 1. The van der Waals surface area contributed by atoms with E-state index in [0.717, 1.165) is 31.6 Å². The number of carboxylic acid groups (broad SMARTS) is 1. The Bertz CT molecular complexity index is 392. The molecule has 0 aromatic carbocycles. The van der Waals surface area contributed by atoms with Crippen molar-refractivity contribution >= 4 is 11.7 Å². The number of nitrogens with zero attached hydrogens (tertiary/aromatic N) is 2. The summed E-state index contributed by atoms with van der Waals surface area (Å²) < 4.78 is 0. The minimum absolute atomic E-state index is 0.166. The lowest BCUT2D eigenvalue weighted by molar-refractivity contribution is 0.0691. The first-order chi connectivity index (χ1) is 7.72. The van der Waals surface area contributed by atoms with Gasteiger partial charge in [-0.05, 0) is 24.5 Å². The van der Waals surface area contributed by atoms with E-state index in [4.69, 9.17) is 5.11 Å². The fourth-order valence-corrected chi connectivity index (χ4v) is 2.20. The number of aromatic carboxylic acids is 1. The molecule has 1 aliphatic rings. The van der Waals surface area contributed by atoms with Gasteiger partial charge in [-0.2, -0.15) is 0 Å². The quantitative estimate of drug-likeness (QED) is 0.846. The first-order valence-corrected chi connectivity index (χ1v) is 5.65. The Balaban J connectivity index is 2.24. The van der Waals surface area contributed by atoms with Crippen molar-refractivity contribution in [2.24, 2.45) is 5.92 Å². The van der Waals surface area contributed by atoms with Crippen molar-refractivity contribution < 1.29 is 9.90 Å². The molecule has 1 aromatic rings. The highest BCUT2D eigenvalue weighted by Gasteiger charge is 2.24. The molecule has 1 saturated heterocycles. The number of hydrogen-bond donors (Lipinski definition) is 1. The summed E-state index contributed by atoms with van der Waals surface area (Å²) in [6.07, 6.45) is 3.82. The van der Waals surface area contributed by atoms with Crippen LogP contribution >= 0.6 is 0 Å². The first-order valence-electron chi connectivity index (χ1n) is 5.65. The molecule has 16 heavy (non-hydrogen) atoms. The molecule has 4 nitrogen and oxygen atoms in total. The second kappa shape index (κ2) is 4.51. The van der Waals surface area contributed by atoms with E-state index in [0.29, 0.717) is 5.92 Å². The lowest BCUT2D eigenvalue weighted by Crippen LogP contribution is -2.22. The molecule has 4 heteroatoms. The first kappa shape index (κ1) is 10.9. The maximum Gasteiger partial charge on any atom is 0.356 e. The van der Waals surface area contributed by atoms with Gasteiger partial charge in [0, 0.05) is 19.3 Å². The van der Waals surface area contributed by atoms with E-state index < -0.39 is 5.97 Å². The summed E-state index contributed by atoms with van der Waals surface area (Å²) in [5.41, 5.74) is 0.921. The van der Waals surface area contributed by atoms with Crippen LogP contribution in [0.5, 0.6) is 0 Å². The molecule has 2 heterocycles. The molecule has 1 unspecified atom stereocenters. The van der Waals surface area contributed by atoms with Crippen molar-refractivity contribution in [1.82, 2.24) is 4.98 Å². The van der Waals surface area contributed by atoms with Crippen LogP contribution in [0.3, 0.4) is 0 Å². The Morgan fingerprint density at radius 2 is 2.50 bits per heavy atom. The normalized spacial score (nSPS) is 20.1. The second-order valence-corrected chi connectivity index (χ2v) is 4.19. The third-order valence-corrected chi connectivity index (χ3v) is 3.19. The van der Waals surface area contributed by atoms with Crippen molar-refractivity contribution in [1.29, 1.82) is 0 Å². The van der Waals surface area contributed by atoms with E-state index in [2.05, 4.69) is 16.8 Å². The van der Waals surface area contributed by atoms with Gasteiger partial charge in [0.25, 0.3) is 0 Å². The van der Waals surface area contributed by atoms with Gasteiger partial charge < -0.3 is 10.0 Å². The van der Waals surface area contributed by atoms with E-state index in [1.165, 1.54) is 6.20 Å². The molecule has 0 aliphatic carbocycles. The zero-order chi connectivity index (χ0) is 11.5. The lowest BCUT2D eigenvalue weighted by atomic mass is 10.1. The predicted molar refractivity (Wildman–Crippen MR) is 61.8 cm³/mol. The molecule has 0 radical (unpaired) electrons. The Labute approximate surface area is 94.9 Å². The van der Waals surface area contributed by atoms with Crippen LogP contribution in [-0.4, -0.2) is 29.1 Å². The Hall–Kier alpha value is -1.58. The smallest absolute Gasteiger partial charge is 0.356 e. The van der Waals surface area contributed by atoms with Crippen LogP contribution in [0, 0.1) is 5.92 Å². The van der Waals surface area contributed by atoms with Gasteiger partial charge in [0.05, 0.1) is 5.69 Å². The summed E-state index contributed by atoms with van der Waals surface area (Å²) >= 11 is 0. The largest absolute Gasteiger partial charge is 0.476 e. The summed E-state index contributed by atoms with van der Waals surface area (Å²) in [7, 11) is 0. The molecule has 1 N–H and O–H groups in total. The molecule has 1 fully saturated rings. The van der Waals surface area contributed by atoms with Crippen molar-refractivity contribution in [2.75, 3.05) is 18.0 Å². The Morgan fingerprint density at radius 3 is 3.12 bits per heavy atom. The van der Waals surface area contributed by atoms with Crippen LogP contribution in [0.1, 0.15) is 30.3 Å². The monoisotopic (exact) mass is 220 g/mol. The maximum atomic E-state index is 11.0. The molecular weight excluding hydrogens is 204 g/mol. The van der Waals surface area contributed by atoms with Crippen molar-refractivity contribution in [2.45, 2.75) is 19.8 Å². The average molecular weight is 220 g/mol. The maximum absolute atomic E-state index is 11.0. The fraction of sp³-hybridized carbons (Fsp3) is 0.500. The zero-order valence-electron chi connectivity index (χ0n) is 9.39. The highest BCUT2D eigenvalue weighted by Crippen LogP contribution is 2.27. The van der Waals surface area contributed by atoms with Crippen molar-refractivity contribution in [3.05, 3.63) is 24.0 Å². The molecule has 1 aromatic heterocycles. The van der Waals surface area contributed by atoms with Crippen LogP contribution in [0.2, 0.25) is 0 Å². The molecule has 0 saturated carbocycles. The third-order valence-electron chi connectivity index (χ3n) is 3.19. The van der Waals surface area contributed by atoms with E-state index in [1.54, 1.807) is 6.07 Å². The van der Waals surface area contributed by atoms with Crippen LogP contribution < -0.4 is 4.90 Å². The fourth-order valence-electron chi connectivity index (χ4n) is 2.20. The summed E-state index contributed by atoms with van der Waals surface area (Å²) in [6.45, 7) is 4.06. The molecular formula is C12H16N2O2. The summed E-state index contributed by atoms with van der Waals surface area (Å²) in [5.74, 6) is -0.266. The molecule has 1 aliphatic heterocycles. The molecule has 0 amide bonds.